The highest BCUT2D eigenvalue weighted by Crippen LogP contribution is 2.17. The Bertz CT molecular complexity index is 884. The topological polar surface area (TPSA) is 95.9 Å². The Morgan fingerprint density at radius 3 is 1.62 bits per heavy atom. The van der Waals surface area contributed by atoms with Gasteiger partial charge in [-0.2, -0.15) is 0 Å². The molecule has 6 heteroatoms. The van der Waals surface area contributed by atoms with Gasteiger partial charge in [0.2, 0.25) is 5.91 Å². The highest BCUT2D eigenvalue weighted by molar-refractivity contribution is 5.77. The van der Waals surface area contributed by atoms with E-state index in [0.717, 1.165) is 89.9 Å². The van der Waals surface area contributed by atoms with Crippen molar-refractivity contribution in [2.45, 2.75) is 244 Å². The van der Waals surface area contributed by atoms with Crippen LogP contribution in [0.15, 0.2) is 36.5 Å². The summed E-state index contributed by atoms with van der Waals surface area (Å²) in [5.74, 6) is -0.499. The van der Waals surface area contributed by atoms with Gasteiger partial charge in [0, 0.05) is 6.42 Å². The lowest BCUT2D eigenvalue weighted by molar-refractivity contribution is -0.151. The Kier molecular flexibility index (Phi) is 39.8. The van der Waals surface area contributed by atoms with Gasteiger partial charge in [0.25, 0.3) is 0 Å². The third kappa shape index (κ3) is 36.8. The number of unbranched alkanes of at least 4 members (excludes halogenated alkanes) is 22. The normalized spacial score (nSPS) is 13.7. The molecular formula is C47H87NO5. The van der Waals surface area contributed by atoms with Gasteiger partial charge in [0.05, 0.1) is 25.2 Å². The van der Waals surface area contributed by atoms with Gasteiger partial charge < -0.3 is 20.3 Å². The molecule has 0 aliphatic heterocycles. The number of allylic oxidation sites excluding steroid dienone is 6. The molecule has 0 radical (unpaired) electrons. The summed E-state index contributed by atoms with van der Waals surface area (Å²) in [5, 5.41) is 23.6. The number of rotatable bonds is 40. The monoisotopic (exact) mass is 746 g/mol. The molecule has 3 unspecified atom stereocenters. The number of carbonyl (C=O) groups is 2. The molecular weight excluding hydrogens is 659 g/mol. The summed E-state index contributed by atoms with van der Waals surface area (Å²) in [4.78, 5) is 25.9. The van der Waals surface area contributed by atoms with E-state index >= 15 is 0 Å². The van der Waals surface area contributed by atoms with Crippen molar-refractivity contribution in [1.82, 2.24) is 5.32 Å². The molecule has 3 atom stereocenters. The van der Waals surface area contributed by atoms with Crippen LogP contribution in [-0.4, -0.2) is 46.9 Å². The first kappa shape index (κ1) is 51.1. The van der Waals surface area contributed by atoms with E-state index in [1.807, 2.05) is 0 Å². The van der Waals surface area contributed by atoms with E-state index in [0.29, 0.717) is 19.3 Å². The van der Waals surface area contributed by atoms with Gasteiger partial charge in [-0.15, -0.1) is 0 Å². The first-order valence-corrected chi connectivity index (χ1v) is 22.7. The van der Waals surface area contributed by atoms with Crippen molar-refractivity contribution >= 4 is 11.9 Å². The van der Waals surface area contributed by atoms with Crippen LogP contribution < -0.4 is 5.32 Å². The lowest BCUT2D eigenvalue weighted by Crippen LogP contribution is -2.46. The largest absolute Gasteiger partial charge is 0.462 e. The average Bonchev–Trinajstić information content (AvgIpc) is 3.15. The van der Waals surface area contributed by atoms with E-state index in [-0.39, 0.29) is 24.9 Å². The average molecular weight is 746 g/mol. The minimum absolute atomic E-state index is 0.0659. The molecule has 0 aliphatic carbocycles. The molecule has 0 aromatic rings. The van der Waals surface area contributed by atoms with Crippen LogP contribution in [0.1, 0.15) is 226 Å². The van der Waals surface area contributed by atoms with Crippen LogP contribution in [0.3, 0.4) is 0 Å². The van der Waals surface area contributed by atoms with Gasteiger partial charge in [0.1, 0.15) is 6.10 Å². The van der Waals surface area contributed by atoms with Crippen molar-refractivity contribution in [2.75, 3.05) is 6.61 Å². The first-order chi connectivity index (χ1) is 26.0. The molecule has 0 bridgehead atoms. The molecule has 6 nitrogen and oxygen atoms in total. The Morgan fingerprint density at radius 1 is 0.566 bits per heavy atom. The fourth-order valence-corrected chi connectivity index (χ4v) is 6.76. The van der Waals surface area contributed by atoms with Crippen LogP contribution >= 0.6 is 0 Å². The fourth-order valence-electron chi connectivity index (χ4n) is 6.76. The van der Waals surface area contributed by atoms with E-state index in [1.54, 1.807) is 0 Å². The third-order valence-electron chi connectivity index (χ3n) is 10.2. The molecule has 310 valence electrons. The summed E-state index contributed by atoms with van der Waals surface area (Å²) < 4.78 is 5.88. The maximum Gasteiger partial charge on any atom is 0.306 e. The molecule has 0 saturated heterocycles. The van der Waals surface area contributed by atoms with Gasteiger partial charge in [-0.25, -0.2) is 0 Å². The second-order valence-corrected chi connectivity index (χ2v) is 15.4. The van der Waals surface area contributed by atoms with Crippen LogP contribution in [0.25, 0.3) is 0 Å². The maximum absolute atomic E-state index is 13.1. The van der Waals surface area contributed by atoms with Crippen LogP contribution in [0.2, 0.25) is 0 Å². The van der Waals surface area contributed by atoms with E-state index in [9.17, 15) is 19.8 Å². The molecule has 0 heterocycles. The zero-order chi connectivity index (χ0) is 38.9. The minimum Gasteiger partial charge on any atom is -0.462 e. The van der Waals surface area contributed by atoms with Crippen LogP contribution in [0.4, 0.5) is 0 Å². The predicted octanol–water partition coefficient (Wildman–Crippen LogP) is 12.9. The Labute approximate surface area is 328 Å². The summed E-state index contributed by atoms with van der Waals surface area (Å²) in [7, 11) is 0. The van der Waals surface area contributed by atoms with Crippen molar-refractivity contribution in [3.05, 3.63) is 36.5 Å². The molecule has 0 aromatic heterocycles. The Morgan fingerprint density at radius 2 is 1.06 bits per heavy atom. The van der Waals surface area contributed by atoms with Crippen molar-refractivity contribution in [1.29, 1.82) is 0 Å². The molecule has 0 fully saturated rings. The fraction of sp³-hybridized carbons (Fsp3) is 0.830. The van der Waals surface area contributed by atoms with Crippen LogP contribution in [0.5, 0.6) is 0 Å². The molecule has 3 N–H and O–H groups in total. The van der Waals surface area contributed by atoms with E-state index in [4.69, 9.17) is 4.74 Å². The SMILES string of the molecule is CC/C=C/C/C=C/CCCCCCCC(CC(=O)NC(CO)C(O)CCCCCCCCCCCCCC)OC(=O)CCCCCCC/C=C\CCC. The minimum atomic E-state index is -0.789. The van der Waals surface area contributed by atoms with E-state index in [1.165, 1.54) is 89.9 Å². The standard InChI is InChI=1S/C47H87NO5/c1-4-7-10-13-16-19-22-24-26-29-32-35-38-43(53-47(52)40-37-34-31-28-21-18-15-12-9-6-3)41-46(51)48-44(42-49)45(50)39-36-33-30-27-25-23-20-17-14-11-8-5-2/h7,10,12,15-16,19,43-45,49-50H,4-6,8-9,11,13-14,17-18,20-42H2,1-3H3,(H,48,51)/b10-7+,15-12-,19-16+. The summed E-state index contributed by atoms with van der Waals surface area (Å²) in [6.07, 6.45) is 46.3. The Hall–Kier alpha value is -1.92. The molecule has 0 saturated carbocycles. The van der Waals surface area contributed by atoms with Gasteiger partial charge in [-0.1, -0.05) is 179 Å². The van der Waals surface area contributed by atoms with Gasteiger partial charge in [0.15, 0.2) is 0 Å². The third-order valence-corrected chi connectivity index (χ3v) is 10.2. The number of aliphatic hydroxyl groups excluding tert-OH is 2. The summed E-state index contributed by atoms with van der Waals surface area (Å²) in [6.45, 7) is 6.30. The highest BCUT2D eigenvalue weighted by Gasteiger charge is 2.24. The molecule has 0 aliphatic rings. The van der Waals surface area contributed by atoms with Crippen molar-refractivity contribution < 1.29 is 24.5 Å². The molecule has 0 spiro atoms. The number of amides is 1. The Balaban J connectivity index is 4.60. The number of nitrogens with one attached hydrogen (secondary N) is 1. The zero-order valence-electron chi connectivity index (χ0n) is 35.1. The van der Waals surface area contributed by atoms with E-state index in [2.05, 4.69) is 62.5 Å². The second kappa shape index (κ2) is 41.2. The van der Waals surface area contributed by atoms with Gasteiger partial charge in [-0.05, 0) is 70.6 Å². The van der Waals surface area contributed by atoms with Gasteiger partial charge in [-0.3, -0.25) is 9.59 Å². The van der Waals surface area contributed by atoms with Gasteiger partial charge >= 0.3 is 5.97 Å². The van der Waals surface area contributed by atoms with Crippen LogP contribution in [-0.2, 0) is 14.3 Å². The van der Waals surface area contributed by atoms with Crippen LogP contribution in [0, 0.1) is 0 Å². The number of hydrogen-bond donors (Lipinski definition) is 3. The zero-order valence-corrected chi connectivity index (χ0v) is 35.1. The predicted molar refractivity (Wildman–Crippen MR) is 227 cm³/mol. The number of ether oxygens (including phenoxy) is 1. The molecule has 1 amide bonds. The lowest BCUT2D eigenvalue weighted by atomic mass is 10.0. The smallest absolute Gasteiger partial charge is 0.306 e. The molecule has 53 heavy (non-hydrogen) atoms. The number of hydrogen-bond acceptors (Lipinski definition) is 5. The van der Waals surface area contributed by atoms with E-state index < -0.39 is 18.2 Å². The summed E-state index contributed by atoms with van der Waals surface area (Å²) in [5.41, 5.74) is 0. The first-order valence-electron chi connectivity index (χ1n) is 22.7. The quantitative estimate of drug-likeness (QED) is 0.0330. The highest BCUT2D eigenvalue weighted by atomic mass is 16.5. The second-order valence-electron chi connectivity index (χ2n) is 15.4. The molecule has 0 rings (SSSR count). The van der Waals surface area contributed by atoms with Crippen molar-refractivity contribution in [3.8, 4) is 0 Å². The lowest BCUT2D eigenvalue weighted by Gasteiger charge is -2.24. The molecule has 0 aromatic carbocycles. The maximum atomic E-state index is 13.1. The van der Waals surface area contributed by atoms with Crippen molar-refractivity contribution in [2.24, 2.45) is 0 Å². The summed E-state index contributed by atoms with van der Waals surface area (Å²) >= 11 is 0. The number of carbonyl (C=O) groups excluding carboxylic acids is 2. The summed E-state index contributed by atoms with van der Waals surface area (Å²) in [6, 6.07) is -0.703. The number of aliphatic hydroxyl groups is 2. The number of esters is 1. The van der Waals surface area contributed by atoms with Crippen molar-refractivity contribution in [3.63, 3.8) is 0 Å².